The number of aryl methyl sites for hydroxylation is 2. The van der Waals surface area contributed by atoms with Crippen molar-refractivity contribution in [2.75, 3.05) is 11.9 Å². The van der Waals surface area contributed by atoms with Gasteiger partial charge in [-0.2, -0.15) is 0 Å². The van der Waals surface area contributed by atoms with Crippen molar-refractivity contribution < 1.29 is 14.3 Å². The van der Waals surface area contributed by atoms with Crippen LogP contribution >= 0.6 is 0 Å². The average molecular weight is 378 g/mol. The van der Waals surface area contributed by atoms with Gasteiger partial charge < -0.3 is 10.1 Å². The molecule has 0 unspecified atom stereocenters. The van der Waals surface area contributed by atoms with Gasteiger partial charge in [0.25, 0.3) is 11.8 Å². The van der Waals surface area contributed by atoms with E-state index in [-0.39, 0.29) is 17.9 Å². The molecular weight excluding hydrogens is 352 g/mol. The highest BCUT2D eigenvalue weighted by molar-refractivity contribution is 6.36. The Morgan fingerprint density at radius 3 is 2.29 bits per heavy atom. The number of hydrogen-bond acceptors (Lipinski definition) is 4. The Balaban J connectivity index is 2.05. The smallest absolute Gasteiger partial charge is 0.278 e. The minimum atomic E-state index is -0.300. The maximum atomic E-state index is 12.9. The van der Waals surface area contributed by atoms with E-state index in [4.69, 9.17) is 4.74 Å². The molecule has 1 N–H and O–H groups in total. The molecule has 0 saturated heterocycles. The second-order valence-electron chi connectivity index (χ2n) is 7.24. The van der Waals surface area contributed by atoms with Crippen LogP contribution in [0.15, 0.2) is 48.2 Å². The molecule has 0 spiro atoms. The molecule has 2 amide bonds. The van der Waals surface area contributed by atoms with Crippen molar-refractivity contribution in [3.05, 3.63) is 64.9 Å². The third-order valence-electron chi connectivity index (χ3n) is 4.65. The van der Waals surface area contributed by atoms with Crippen LogP contribution in [0.5, 0.6) is 5.75 Å². The molecule has 1 aliphatic heterocycles. The first-order valence-corrected chi connectivity index (χ1v) is 9.53. The molecule has 1 aliphatic rings. The number of ether oxygens (including phenoxy) is 1. The van der Waals surface area contributed by atoms with Gasteiger partial charge in [-0.15, -0.1) is 0 Å². The molecule has 0 aliphatic carbocycles. The minimum absolute atomic E-state index is 0.0665. The first-order valence-electron chi connectivity index (χ1n) is 9.53. The Hall–Kier alpha value is -3.08. The maximum absolute atomic E-state index is 12.9. The molecule has 5 heteroatoms. The number of carbonyl (C=O) groups is 2. The lowest BCUT2D eigenvalue weighted by molar-refractivity contribution is -0.136. The summed E-state index contributed by atoms with van der Waals surface area (Å²) in [4.78, 5) is 27.1. The van der Waals surface area contributed by atoms with Gasteiger partial charge in [0.05, 0.1) is 11.7 Å². The fourth-order valence-electron chi connectivity index (χ4n) is 3.22. The summed E-state index contributed by atoms with van der Waals surface area (Å²) in [6, 6.07) is 13.3. The molecule has 28 heavy (non-hydrogen) atoms. The van der Waals surface area contributed by atoms with Gasteiger partial charge in [-0.05, 0) is 69.5 Å². The first-order chi connectivity index (χ1) is 13.3. The lowest BCUT2D eigenvalue weighted by Gasteiger charge is -2.13. The zero-order valence-corrected chi connectivity index (χ0v) is 17.0. The molecule has 2 aromatic carbocycles. The van der Waals surface area contributed by atoms with Crippen LogP contribution in [0.25, 0.3) is 5.57 Å². The van der Waals surface area contributed by atoms with Crippen molar-refractivity contribution in [2.24, 2.45) is 0 Å². The van der Waals surface area contributed by atoms with E-state index in [9.17, 15) is 9.59 Å². The summed E-state index contributed by atoms with van der Waals surface area (Å²) in [5.41, 5.74) is 4.31. The molecule has 5 nitrogen and oxygen atoms in total. The monoisotopic (exact) mass is 378 g/mol. The van der Waals surface area contributed by atoms with Gasteiger partial charge in [0.2, 0.25) is 0 Å². The van der Waals surface area contributed by atoms with E-state index in [0.717, 1.165) is 22.6 Å². The van der Waals surface area contributed by atoms with Crippen LogP contribution in [-0.4, -0.2) is 29.4 Å². The molecule has 2 aromatic rings. The van der Waals surface area contributed by atoms with Crippen LogP contribution in [0.2, 0.25) is 0 Å². The fourth-order valence-corrected chi connectivity index (χ4v) is 3.22. The van der Waals surface area contributed by atoms with Gasteiger partial charge in [-0.1, -0.05) is 24.3 Å². The number of anilines is 1. The second kappa shape index (κ2) is 7.89. The highest BCUT2D eigenvalue weighted by Gasteiger charge is 2.38. The van der Waals surface area contributed by atoms with E-state index in [1.807, 2.05) is 70.2 Å². The minimum Gasteiger partial charge on any atom is -0.491 e. The van der Waals surface area contributed by atoms with E-state index in [1.165, 1.54) is 4.90 Å². The number of carbonyl (C=O) groups excluding carboxylic acids is 2. The van der Waals surface area contributed by atoms with Gasteiger partial charge in [0.1, 0.15) is 11.4 Å². The molecular formula is C23H26N2O3. The zero-order chi connectivity index (χ0) is 20.4. The Labute approximate surface area is 166 Å². The third-order valence-corrected chi connectivity index (χ3v) is 4.65. The molecule has 0 atom stereocenters. The summed E-state index contributed by atoms with van der Waals surface area (Å²) in [6.45, 7) is 10.0. The molecule has 0 aromatic heterocycles. The number of likely N-dealkylation sites (N-methyl/N-ethyl adjacent to an activating group) is 1. The third kappa shape index (κ3) is 3.79. The number of imide groups is 1. The Morgan fingerprint density at radius 1 is 1.00 bits per heavy atom. The maximum Gasteiger partial charge on any atom is 0.278 e. The highest BCUT2D eigenvalue weighted by Crippen LogP contribution is 2.32. The van der Waals surface area contributed by atoms with Gasteiger partial charge in [0, 0.05) is 12.2 Å². The number of hydrogen-bond donors (Lipinski definition) is 1. The summed E-state index contributed by atoms with van der Waals surface area (Å²) < 4.78 is 5.68. The lowest BCUT2D eigenvalue weighted by atomic mass is 10.0. The fraction of sp³-hybridized carbons (Fsp3) is 0.304. The van der Waals surface area contributed by atoms with Crippen LogP contribution in [0.1, 0.15) is 37.5 Å². The predicted octanol–water partition coefficient (Wildman–Crippen LogP) is 4.30. The quantitative estimate of drug-likeness (QED) is 0.762. The Kier molecular flexibility index (Phi) is 5.54. The summed E-state index contributed by atoms with van der Waals surface area (Å²) in [5.74, 6) is 0.149. The van der Waals surface area contributed by atoms with Crippen molar-refractivity contribution >= 4 is 23.1 Å². The number of amides is 2. The van der Waals surface area contributed by atoms with Crippen LogP contribution in [0, 0.1) is 13.8 Å². The highest BCUT2D eigenvalue weighted by atomic mass is 16.5. The zero-order valence-electron chi connectivity index (χ0n) is 17.0. The van der Waals surface area contributed by atoms with Crippen LogP contribution < -0.4 is 10.1 Å². The van der Waals surface area contributed by atoms with Crippen molar-refractivity contribution in [2.45, 2.75) is 40.7 Å². The first kappa shape index (κ1) is 19.7. The summed E-state index contributed by atoms with van der Waals surface area (Å²) >= 11 is 0. The van der Waals surface area contributed by atoms with Gasteiger partial charge in [-0.25, -0.2) is 0 Å². The van der Waals surface area contributed by atoms with Gasteiger partial charge in [-0.3, -0.25) is 14.5 Å². The van der Waals surface area contributed by atoms with Gasteiger partial charge >= 0.3 is 0 Å². The second-order valence-corrected chi connectivity index (χ2v) is 7.24. The molecule has 0 fully saturated rings. The summed E-state index contributed by atoms with van der Waals surface area (Å²) in [7, 11) is 0. The number of benzene rings is 2. The number of nitrogens with zero attached hydrogens (tertiary/aromatic N) is 1. The number of nitrogens with one attached hydrogen (secondary N) is 1. The molecule has 0 saturated carbocycles. The number of rotatable bonds is 6. The largest absolute Gasteiger partial charge is 0.491 e. The van der Waals surface area contributed by atoms with Crippen molar-refractivity contribution in [1.29, 1.82) is 0 Å². The van der Waals surface area contributed by atoms with Crippen LogP contribution in [-0.2, 0) is 9.59 Å². The lowest BCUT2D eigenvalue weighted by Crippen LogP contribution is -2.32. The van der Waals surface area contributed by atoms with Crippen LogP contribution in [0.4, 0.5) is 5.69 Å². The normalized spacial score (nSPS) is 14.3. The predicted molar refractivity (Wildman–Crippen MR) is 111 cm³/mol. The molecule has 146 valence electrons. The van der Waals surface area contributed by atoms with E-state index in [1.54, 1.807) is 6.92 Å². The molecule has 3 rings (SSSR count). The molecule has 0 bridgehead atoms. The Bertz CT molecular complexity index is 943. The van der Waals surface area contributed by atoms with Crippen molar-refractivity contribution in [1.82, 2.24) is 4.90 Å². The summed E-state index contributed by atoms with van der Waals surface area (Å²) in [6.07, 6.45) is 0.0665. The topological polar surface area (TPSA) is 58.6 Å². The summed E-state index contributed by atoms with van der Waals surface area (Å²) in [5, 5.41) is 3.23. The van der Waals surface area contributed by atoms with E-state index in [2.05, 4.69) is 5.32 Å². The van der Waals surface area contributed by atoms with E-state index in [0.29, 0.717) is 23.4 Å². The van der Waals surface area contributed by atoms with Crippen molar-refractivity contribution in [3.8, 4) is 5.75 Å². The molecule has 1 heterocycles. The van der Waals surface area contributed by atoms with Gasteiger partial charge in [0.15, 0.2) is 0 Å². The van der Waals surface area contributed by atoms with E-state index < -0.39 is 0 Å². The van der Waals surface area contributed by atoms with E-state index >= 15 is 0 Å². The van der Waals surface area contributed by atoms with Crippen LogP contribution in [0.3, 0.4) is 0 Å². The Morgan fingerprint density at radius 2 is 1.68 bits per heavy atom. The SMILES string of the molecule is CCN1C(=O)C(Nc2cc(C)ccc2C)=C(c2ccc(OC(C)C)cc2)C1=O. The standard InChI is InChI=1S/C23H26N2O3/c1-6-25-22(26)20(17-9-11-18(12-10-17)28-14(2)3)21(23(25)27)24-19-13-15(4)7-8-16(19)5/h7-14,24H,6H2,1-5H3. The molecule has 0 radical (unpaired) electrons. The van der Waals surface area contributed by atoms with Crippen molar-refractivity contribution in [3.63, 3.8) is 0 Å². The average Bonchev–Trinajstić information content (AvgIpc) is 2.88.